The highest BCUT2D eigenvalue weighted by Crippen LogP contribution is 2.05. The summed E-state index contributed by atoms with van der Waals surface area (Å²) in [5.41, 5.74) is 1.90. The largest absolute Gasteiger partial charge is 0.368 e. The van der Waals surface area contributed by atoms with E-state index in [0.717, 1.165) is 20.5 Å². The first-order valence-corrected chi connectivity index (χ1v) is 7.64. The van der Waals surface area contributed by atoms with Crippen molar-refractivity contribution >= 4 is 5.91 Å². The number of tetrazole rings is 1. The van der Waals surface area contributed by atoms with E-state index in [1.807, 2.05) is 31.2 Å². The molecule has 2 aromatic carbocycles. The molecule has 1 N–H and O–H groups in total. The second-order valence-electron chi connectivity index (χ2n) is 5.57. The molecule has 0 fully saturated rings. The van der Waals surface area contributed by atoms with Crippen LogP contribution >= 0.6 is 0 Å². The number of hydrogen-bond acceptors (Lipinski definition) is 4. The van der Waals surface area contributed by atoms with E-state index < -0.39 is 11.5 Å². The molecular formula is C17H16FN5O2. The number of nitrogens with zero attached hydrogens (tertiary/aromatic N) is 4. The van der Waals surface area contributed by atoms with Gasteiger partial charge in [0.05, 0.1) is 5.69 Å². The third-order valence-corrected chi connectivity index (χ3v) is 3.61. The summed E-state index contributed by atoms with van der Waals surface area (Å²) in [5.74, 6) is -0.770. The highest BCUT2D eigenvalue weighted by atomic mass is 19.1. The molecule has 0 saturated heterocycles. The Morgan fingerprint density at radius 1 is 1.08 bits per heavy atom. The van der Waals surface area contributed by atoms with E-state index in [9.17, 15) is 14.0 Å². The van der Waals surface area contributed by atoms with Crippen LogP contribution in [0.1, 0.15) is 11.1 Å². The lowest BCUT2D eigenvalue weighted by Crippen LogP contribution is -2.33. The summed E-state index contributed by atoms with van der Waals surface area (Å²) < 4.78 is 14.9. The molecule has 0 aliphatic carbocycles. The molecular weight excluding hydrogens is 325 g/mol. The van der Waals surface area contributed by atoms with Gasteiger partial charge in [-0.05, 0) is 47.2 Å². The van der Waals surface area contributed by atoms with Crippen LogP contribution in [-0.2, 0) is 17.9 Å². The molecule has 0 aliphatic heterocycles. The van der Waals surface area contributed by atoms with Crippen LogP contribution in [0.25, 0.3) is 5.69 Å². The number of carbonyl (C=O) groups is 1. The molecule has 128 valence electrons. The molecule has 0 aliphatic rings. The monoisotopic (exact) mass is 341 g/mol. The van der Waals surface area contributed by atoms with Gasteiger partial charge < -0.3 is 5.32 Å². The van der Waals surface area contributed by atoms with Crippen LogP contribution in [0.5, 0.6) is 0 Å². The minimum atomic E-state index is -0.572. The average molecular weight is 341 g/mol. The molecule has 0 saturated carbocycles. The minimum absolute atomic E-state index is 0.244. The Kier molecular flexibility index (Phi) is 4.69. The highest BCUT2D eigenvalue weighted by molar-refractivity contribution is 5.75. The van der Waals surface area contributed by atoms with Crippen LogP contribution in [0, 0.1) is 12.7 Å². The molecule has 3 aromatic rings. The number of halogens is 1. The van der Waals surface area contributed by atoms with Gasteiger partial charge in [0, 0.05) is 6.54 Å². The van der Waals surface area contributed by atoms with Crippen molar-refractivity contribution in [3.63, 3.8) is 0 Å². The molecule has 1 heterocycles. The maximum atomic E-state index is 12.9. The fraction of sp³-hybridized carbons (Fsp3) is 0.176. The summed E-state index contributed by atoms with van der Waals surface area (Å²) in [6.07, 6.45) is 0. The molecule has 1 amide bonds. The standard InChI is InChI=1S/C17H16FN5O2/c1-12-2-4-13(5-3-12)10-19-16(24)11-22-17(25)23(21-20-22)15-8-6-14(18)7-9-15/h2-9H,10-11H2,1H3,(H,19,24). The van der Waals surface area contributed by atoms with Gasteiger partial charge in [0.2, 0.25) is 5.91 Å². The van der Waals surface area contributed by atoms with Crippen molar-refractivity contribution in [2.24, 2.45) is 0 Å². The lowest BCUT2D eigenvalue weighted by Gasteiger charge is -2.05. The Balaban J connectivity index is 1.65. The van der Waals surface area contributed by atoms with Gasteiger partial charge in [-0.1, -0.05) is 29.8 Å². The van der Waals surface area contributed by atoms with Crippen LogP contribution in [0.4, 0.5) is 4.39 Å². The van der Waals surface area contributed by atoms with Gasteiger partial charge in [0.25, 0.3) is 0 Å². The number of aromatic nitrogens is 4. The van der Waals surface area contributed by atoms with E-state index in [4.69, 9.17) is 0 Å². The second-order valence-corrected chi connectivity index (χ2v) is 5.57. The first-order valence-electron chi connectivity index (χ1n) is 7.64. The number of aryl methyl sites for hydroxylation is 1. The molecule has 0 atom stereocenters. The zero-order chi connectivity index (χ0) is 17.8. The number of benzene rings is 2. The Morgan fingerprint density at radius 2 is 1.76 bits per heavy atom. The highest BCUT2D eigenvalue weighted by Gasteiger charge is 2.12. The summed E-state index contributed by atoms with van der Waals surface area (Å²) in [7, 11) is 0. The summed E-state index contributed by atoms with van der Waals surface area (Å²) in [6, 6.07) is 13.0. The predicted molar refractivity (Wildman–Crippen MR) is 88.6 cm³/mol. The lowest BCUT2D eigenvalue weighted by atomic mass is 10.1. The summed E-state index contributed by atoms with van der Waals surface area (Å²) in [4.78, 5) is 24.2. The van der Waals surface area contributed by atoms with E-state index in [-0.39, 0.29) is 12.5 Å². The summed E-state index contributed by atoms with van der Waals surface area (Å²) in [5, 5.41) is 10.1. The van der Waals surface area contributed by atoms with Crippen LogP contribution in [-0.4, -0.2) is 25.7 Å². The van der Waals surface area contributed by atoms with E-state index in [0.29, 0.717) is 12.2 Å². The number of hydrogen-bond donors (Lipinski definition) is 1. The van der Waals surface area contributed by atoms with Gasteiger partial charge >= 0.3 is 5.69 Å². The molecule has 25 heavy (non-hydrogen) atoms. The molecule has 3 rings (SSSR count). The maximum Gasteiger partial charge on any atom is 0.368 e. The first-order chi connectivity index (χ1) is 12.0. The zero-order valence-corrected chi connectivity index (χ0v) is 13.5. The van der Waals surface area contributed by atoms with E-state index in [1.54, 1.807) is 0 Å². The summed E-state index contributed by atoms with van der Waals surface area (Å²) in [6.45, 7) is 2.10. The first kappa shape index (κ1) is 16.6. The van der Waals surface area contributed by atoms with Crippen molar-refractivity contribution < 1.29 is 9.18 Å². The fourth-order valence-corrected chi connectivity index (χ4v) is 2.22. The quantitative estimate of drug-likeness (QED) is 0.756. The van der Waals surface area contributed by atoms with Gasteiger partial charge in [-0.2, -0.15) is 9.36 Å². The minimum Gasteiger partial charge on any atom is -0.350 e. The number of nitrogens with one attached hydrogen (secondary N) is 1. The second kappa shape index (κ2) is 7.08. The Labute approximate surface area is 142 Å². The number of rotatable bonds is 5. The zero-order valence-electron chi connectivity index (χ0n) is 13.5. The molecule has 7 nitrogen and oxygen atoms in total. The SMILES string of the molecule is Cc1ccc(CNC(=O)Cn2nnn(-c3ccc(F)cc3)c2=O)cc1. The van der Waals surface area contributed by atoms with Crippen molar-refractivity contribution in [2.45, 2.75) is 20.0 Å². The molecule has 0 radical (unpaired) electrons. The Bertz CT molecular complexity index is 929. The number of carbonyl (C=O) groups excluding carboxylic acids is 1. The lowest BCUT2D eigenvalue weighted by molar-refractivity contribution is -0.122. The van der Waals surface area contributed by atoms with E-state index >= 15 is 0 Å². The van der Waals surface area contributed by atoms with Gasteiger partial charge in [-0.25, -0.2) is 9.18 Å². The van der Waals surface area contributed by atoms with Crippen LogP contribution < -0.4 is 11.0 Å². The Morgan fingerprint density at radius 3 is 2.44 bits per heavy atom. The van der Waals surface area contributed by atoms with E-state index in [1.165, 1.54) is 24.3 Å². The molecule has 8 heteroatoms. The smallest absolute Gasteiger partial charge is 0.350 e. The Hall–Kier alpha value is -3.29. The van der Waals surface area contributed by atoms with Gasteiger partial charge in [-0.15, -0.1) is 0 Å². The molecule has 0 unspecified atom stereocenters. The van der Waals surface area contributed by atoms with Crippen LogP contribution in [0.3, 0.4) is 0 Å². The van der Waals surface area contributed by atoms with Crippen molar-refractivity contribution in [3.8, 4) is 5.69 Å². The summed E-state index contributed by atoms with van der Waals surface area (Å²) >= 11 is 0. The third-order valence-electron chi connectivity index (χ3n) is 3.61. The molecule has 0 bridgehead atoms. The fourth-order valence-electron chi connectivity index (χ4n) is 2.22. The van der Waals surface area contributed by atoms with Crippen molar-refractivity contribution in [3.05, 3.63) is 76.0 Å². The van der Waals surface area contributed by atoms with Gasteiger partial charge in [0.1, 0.15) is 12.4 Å². The number of amides is 1. The van der Waals surface area contributed by atoms with Gasteiger partial charge in [0.15, 0.2) is 0 Å². The average Bonchev–Trinajstić information content (AvgIpc) is 2.96. The molecule has 1 aromatic heterocycles. The normalized spacial score (nSPS) is 10.6. The van der Waals surface area contributed by atoms with Crippen molar-refractivity contribution in [1.82, 2.24) is 25.1 Å². The van der Waals surface area contributed by atoms with Crippen molar-refractivity contribution in [2.75, 3.05) is 0 Å². The maximum absolute atomic E-state index is 12.9. The molecule has 0 spiro atoms. The van der Waals surface area contributed by atoms with Gasteiger partial charge in [-0.3, -0.25) is 4.79 Å². The topological polar surface area (TPSA) is 81.8 Å². The van der Waals surface area contributed by atoms with Crippen LogP contribution in [0.15, 0.2) is 53.3 Å². The predicted octanol–water partition coefficient (Wildman–Crippen LogP) is 1.19. The van der Waals surface area contributed by atoms with Crippen molar-refractivity contribution in [1.29, 1.82) is 0 Å². The third kappa shape index (κ3) is 3.97. The van der Waals surface area contributed by atoms with Crippen LogP contribution in [0.2, 0.25) is 0 Å². The van der Waals surface area contributed by atoms with E-state index in [2.05, 4.69) is 15.7 Å².